The third-order valence-corrected chi connectivity index (χ3v) is 2.90. The van der Waals surface area contributed by atoms with Gasteiger partial charge in [0, 0.05) is 5.56 Å². The Morgan fingerprint density at radius 1 is 1.22 bits per heavy atom. The zero-order valence-corrected chi connectivity index (χ0v) is 10.4. The fraction of sp³-hybridized carbons (Fsp3) is 0.0714. The summed E-state index contributed by atoms with van der Waals surface area (Å²) in [5.74, 6) is 0.107. The SMILES string of the molecule is COc1ccc(-c2ccc(F)cc2C=O)cc1Cl. The van der Waals surface area contributed by atoms with Crippen LogP contribution in [0.5, 0.6) is 5.75 Å². The molecule has 0 amide bonds. The Morgan fingerprint density at radius 3 is 2.61 bits per heavy atom. The largest absolute Gasteiger partial charge is 0.495 e. The lowest BCUT2D eigenvalue weighted by Gasteiger charge is -2.08. The lowest BCUT2D eigenvalue weighted by Crippen LogP contribution is -1.90. The lowest BCUT2D eigenvalue weighted by molar-refractivity contribution is 0.112. The average molecular weight is 265 g/mol. The number of benzene rings is 2. The van der Waals surface area contributed by atoms with E-state index >= 15 is 0 Å². The first-order chi connectivity index (χ1) is 8.65. The first kappa shape index (κ1) is 12.6. The van der Waals surface area contributed by atoms with Crippen LogP contribution in [0, 0.1) is 5.82 Å². The second kappa shape index (κ2) is 5.19. The number of halogens is 2. The third-order valence-electron chi connectivity index (χ3n) is 2.60. The molecular weight excluding hydrogens is 255 g/mol. The highest BCUT2D eigenvalue weighted by Crippen LogP contribution is 2.31. The van der Waals surface area contributed by atoms with Crippen LogP contribution >= 0.6 is 11.6 Å². The van der Waals surface area contributed by atoms with Crippen molar-refractivity contribution in [3.8, 4) is 16.9 Å². The van der Waals surface area contributed by atoms with E-state index in [2.05, 4.69) is 0 Å². The van der Waals surface area contributed by atoms with E-state index in [0.29, 0.717) is 22.6 Å². The molecular formula is C14H10ClFO2. The van der Waals surface area contributed by atoms with Crippen LogP contribution in [0.1, 0.15) is 10.4 Å². The topological polar surface area (TPSA) is 26.3 Å². The van der Waals surface area contributed by atoms with Gasteiger partial charge in [-0.2, -0.15) is 0 Å². The van der Waals surface area contributed by atoms with Crippen molar-refractivity contribution in [3.63, 3.8) is 0 Å². The molecule has 0 aromatic heterocycles. The Kier molecular flexibility index (Phi) is 3.63. The molecule has 0 fully saturated rings. The summed E-state index contributed by atoms with van der Waals surface area (Å²) in [5.41, 5.74) is 1.66. The summed E-state index contributed by atoms with van der Waals surface area (Å²) in [6.45, 7) is 0. The summed E-state index contributed by atoms with van der Waals surface area (Å²) in [7, 11) is 1.52. The zero-order valence-electron chi connectivity index (χ0n) is 9.61. The Morgan fingerprint density at radius 2 is 2.00 bits per heavy atom. The minimum Gasteiger partial charge on any atom is -0.495 e. The maximum Gasteiger partial charge on any atom is 0.150 e. The highest BCUT2D eigenvalue weighted by Gasteiger charge is 2.08. The summed E-state index contributed by atoms with van der Waals surface area (Å²) < 4.78 is 18.1. The Hall–Kier alpha value is -1.87. The molecule has 0 unspecified atom stereocenters. The van der Waals surface area contributed by atoms with Crippen LogP contribution < -0.4 is 4.74 Å². The van der Waals surface area contributed by atoms with E-state index in [-0.39, 0.29) is 5.56 Å². The fourth-order valence-corrected chi connectivity index (χ4v) is 1.99. The summed E-state index contributed by atoms with van der Waals surface area (Å²) in [5, 5.41) is 0.441. The molecule has 0 radical (unpaired) electrons. The minimum atomic E-state index is -0.444. The molecule has 0 spiro atoms. The number of rotatable bonds is 3. The number of methoxy groups -OCH3 is 1. The first-order valence-electron chi connectivity index (χ1n) is 5.24. The van der Waals surface area contributed by atoms with E-state index in [1.165, 1.54) is 19.2 Å². The molecule has 0 aliphatic carbocycles. The van der Waals surface area contributed by atoms with Gasteiger partial charge >= 0.3 is 0 Å². The molecule has 0 saturated heterocycles. The normalized spacial score (nSPS) is 10.2. The number of ether oxygens (including phenoxy) is 1. The van der Waals surface area contributed by atoms with Crippen molar-refractivity contribution in [2.24, 2.45) is 0 Å². The molecule has 2 aromatic rings. The van der Waals surface area contributed by atoms with E-state index in [9.17, 15) is 9.18 Å². The summed E-state index contributed by atoms with van der Waals surface area (Å²) in [4.78, 5) is 10.9. The molecule has 0 heterocycles. The van der Waals surface area contributed by atoms with Gasteiger partial charge in [0.05, 0.1) is 12.1 Å². The molecule has 0 saturated carbocycles. The number of carbonyl (C=O) groups excluding carboxylic acids is 1. The Balaban J connectivity index is 2.55. The van der Waals surface area contributed by atoms with Gasteiger partial charge in [-0.25, -0.2) is 4.39 Å². The molecule has 0 N–H and O–H groups in total. The molecule has 2 nitrogen and oxygen atoms in total. The monoisotopic (exact) mass is 264 g/mol. The molecule has 0 atom stereocenters. The molecule has 0 bridgehead atoms. The van der Waals surface area contributed by atoms with Crippen molar-refractivity contribution in [2.75, 3.05) is 7.11 Å². The third kappa shape index (κ3) is 2.36. The van der Waals surface area contributed by atoms with Crippen molar-refractivity contribution < 1.29 is 13.9 Å². The smallest absolute Gasteiger partial charge is 0.150 e. The van der Waals surface area contributed by atoms with Gasteiger partial charge < -0.3 is 4.74 Å². The van der Waals surface area contributed by atoms with E-state index in [1.54, 1.807) is 24.3 Å². The van der Waals surface area contributed by atoms with Gasteiger partial charge in [-0.15, -0.1) is 0 Å². The first-order valence-corrected chi connectivity index (χ1v) is 5.62. The van der Waals surface area contributed by atoms with Crippen LogP contribution in [-0.4, -0.2) is 13.4 Å². The lowest BCUT2D eigenvalue weighted by atomic mass is 10.0. The molecule has 4 heteroatoms. The van der Waals surface area contributed by atoms with E-state index in [0.717, 1.165) is 5.56 Å². The summed E-state index contributed by atoms with van der Waals surface area (Å²) >= 11 is 6.02. The zero-order chi connectivity index (χ0) is 13.1. The van der Waals surface area contributed by atoms with Crippen LogP contribution in [-0.2, 0) is 0 Å². The summed E-state index contributed by atoms with van der Waals surface area (Å²) in [6.07, 6.45) is 0.622. The molecule has 18 heavy (non-hydrogen) atoms. The van der Waals surface area contributed by atoms with Crippen LogP contribution in [0.25, 0.3) is 11.1 Å². The fourth-order valence-electron chi connectivity index (χ4n) is 1.73. The van der Waals surface area contributed by atoms with Crippen LogP contribution in [0.3, 0.4) is 0 Å². The highest BCUT2D eigenvalue weighted by molar-refractivity contribution is 6.32. The van der Waals surface area contributed by atoms with Gasteiger partial charge in [-0.1, -0.05) is 23.7 Å². The van der Waals surface area contributed by atoms with Crippen molar-refractivity contribution >= 4 is 17.9 Å². The Labute approximate surface area is 109 Å². The van der Waals surface area contributed by atoms with Crippen LogP contribution in [0.4, 0.5) is 4.39 Å². The standard InChI is InChI=1S/C14H10ClFO2/c1-18-14-5-2-9(7-13(14)15)12-4-3-11(16)6-10(12)8-17/h2-8H,1H3. The van der Waals surface area contributed by atoms with Crippen LogP contribution in [0.2, 0.25) is 5.02 Å². The van der Waals surface area contributed by atoms with Crippen molar-refractivity contribution in [3.05, 3.63) is 52.8 Å². The molecule has 0 aliphatic heterocycles. The van der Waals surface area contributed by atoms with Crippen LogP contribution in [0.15, 0.2) is 36.4 Å². The minimum absolute atomic E-state index is 0.288. The number of carbonyl (C=O) groups is 1. The molecule has 0 aliphatic rings. The number of hydrogen-bond acceptors (Lipinski definition) is 2. The molecule has 2 aromatic carbocycles. The molecule has 92 valence electrons. The summed E-state index contributed by atoms with van der Waals surface area (Å²) in [6, 6.07) is 9.21. The second-order valence-corrected chi connectivity index (χ2v) is 4.11. The highest BCUT2D eigenvalue weighted by atomic mass is 35.5. The van der Waals surface area contributed by atoms with E-state index < -0.39 is 5.82 Å². The van der Waals surface area contributed by atoms with E-state index in [1.807, 2.05) is 0 Å². The number of aldehydes is 1. The Bertz CT molecular complexity index is 596. The van der Waals surface area contributed by atoms with Crippen molar-refractivity contribution in [2.45, 2.75) is 0 Å². The predicted octanol–water partition coefficient (Wildman–Crippen LogP) is 3.97. The van der Waals surface area contributed by atoms with E-state index in [4.69, 9.17) is 16.3 Å². The van der Waals surface area contributed by atoms with Gasteiger partial charge in [0.15, 0.2) is 6.29 Å². The predicted molar refractivity (Wildman–Crippen MR) is 68.8 cm³/mol. The number of hydrogen-bond donors (Lipinski definition) is 0. The maximum atomic E-state index is 13.0. The van der Waals surface area contributed by atoms with Gasteiger partial charge in [0.2, 0.25) is 0 Å². The van der Waals surface area contributed by atoms with Gasteiger partial charge in [-0.3, -0.25) is 4.79 Å². The van der Waals surface area contributed by atoms with Gasteiger partial charge in [0.25, 0.3) is 0 Å². The van der Waals surface area contributed by atoms with Crippen molar-refractivity contribution in [1.82, 2.24) is 0 Å². The van der Waals surface area contributed by atoms with Crippen molar-refractivity contribution in [1.29, 1.82) is 0 Å². The maximum absolute atomic E-state index is 13.0. The quantitative estimate of drug-likeness (QED) is 0.784. The molecule has 2 rings (SSSR count). The average Bonchev–Trinajstić information content (AvgIpc) is 2.38. The van der Waals surface area contributed by atoms with Gasteiger partial charge in [-0.05, 0) is 35.4 Å². The second-order valence-electron chi connectivity index (χ2n) is 3.70. The van der Waals surface area contributed by atoms with Gasteiger partial charge in [0.1, 0.15) is 11.6 Å².